The smallest absolute Gasteiger partial charge is 0.433 e. The third-order valence-corrected chi connectivity index (χ3v) is 21.7. The van der Waals surface area contributed by atoms with Crippen molar-refractivity contribution in [2.24, 2.45) is 17.8 Å². The highest BCUT2D eigenvalue weighted by atomic mass is 35.5. The van der Waals surface area contributed by atoms with E-state index >= 15 is 0 Å². The molecule has 9 heterocycles. The monoisotopic (exact) mass is 1680 g/mol. The van der Waals surface area contributed by atoms with E-state index in [4.69, 9.17) is 54.5 Å². The number of imidazole rings is 3. The molecule has 5 N–H and O–H groups in total. The summed E-state index contributed by atoms with van der Waals surface area (Å²) >= 11 is 19.9. The maximum atomic E-state index is 13.0. The zero-order valence-electron chi connectivity index (χ0n) is 65.0. The Balaban J connectivity index is 0.000000154. The van der Waals surface area contributed by atoms with Gasteiger partial charge in [0.15, 0.2) is 0 Å². The second-order valence-corrected chi connectivity index (χ2v) is 31.6. The second kappa shape index (κ2) is 35.7. The van der Waals surface area contributed by atoms with Crippen LogP contribution in [0.3, 0.4) is 0 Å². The van der Waals surface area contributed by atoms with E-state index in [1.54, 1.807) is 59.5 Å². The molecule has 4 amide bonds. The number of para-hydroxylation sites is 6. The molecule has 0 radical (unpaired) electrons. The quantitative estimate of drug-likeness (QED) is 0.0602. The molecule has 0 unspecified atom stereocenters. The summed E-state index contributed by atoms with van der Waals surface area (Å²) in [6.07, 6.45) is -8.23. The summed E-state index contributed by atoms with van der Waals surface area (Å²) in [5.74, 6) is 1.56. The average molecular weight is 1680 g/mol. The highest BCUT2D eigenvalue weighted by molar-refractivity contribution is 6.34. The average Bonchev–Trinajstić information content (AvgIpc) is 1.63. The number of ether oxygens (including phenoxy) is 1. The third-order valence-electron chi connectivity index (χ3n) is 20.7. The lowest BCUT2D eigenvalue weighted by molar-refractivity contribution is -0.142. The van der Waals surface area contributed by atoms with E-state index in [0.717, 1.165) is 147 Å². The molecule has 0 atom stereocenters. The number of likely N-dealkylation sites (tertiary alicyclic amines) is 1. The fraction of sp³-hybridized carbons (Fsp3) is 0.326. The first-order valence-corrected chi connectivity index (χ1v) is 39.5. The minimum atomic E-state index is -4.61. The number of halogens is 12. The number of nitrogens with zero attached hydrogens (tertiary/aromatic N) is 10. The van der Waals surface area contributed by atoms with E-state index in [1.165, 1.54) is 20.8 Å². The maximum Gasteiger partial charge on any atom is 0.433 e. The van der Waals surface area contributed by atoms with Crippen molar-refractivity contribution in [1.82, 2.24) is 59.1 Å². The number of alkyl halides is 9. The minimum absolute atomic E-state index is 0.00900. The molecule has 0 aliphatic carbocycles. The van der Waals surface area contributed by atoms with Gasteiger partial charge < -0.3 is 49.9 Å². The largest absolute Gasteiger partial charge is 0.444 e. The van der Waals surface area contributed by atoms with E-state index in [0.29, 0.717) is 97.8 Å². The van der Waals surface area contributed by atoms with Crippen LogP contribution in [-0.4, -0.2) is 117 Å². The van der Waals surface area contributed by atoms with Crippen molar-refractivity contribution in [2.75, 3.05) is 55.2 Å². The molecule has 118 heavy (non-hydrogen) atoms. The molecule has 15 rings (SSSR count). The number of pyridine rings is 3. The van der Waals surface area contributed by atoms with Crippen LogP contribution in [0.4, 0.5) is 61.4 Å². The van der Waals surface area contributed by atoms with Crippen molar-refractivity contribution < 1.29 is 63.4 Å². The molecule has 0 spiro atoms. The lowest BCUT2D eigenvalue weighted by Crippen LogP contribution is -2.42. The van der Waals surface area contributed by atoms with Crippen LogP contribution in [0.25, 0.3) is 67.3 Å². The first kappa shape index (κ1) is 84.9. The van der Waals surface area contributed by atoms with Crippen LogP contribution in [0.1, 0.15) is 125 Å². The number of aromatic nitrogens is 9. The first-order chi connectivity index (χ1) is 56.1. The molecule has 0 saturated carbocycles. The Bertz CT molecular complexity index is 5500. The summed E-state index contributed by atoms with van der Waals surface area (Å²) in [6, 6.07) is 44.5. The summed E-state index contributed by atoms with van der Waals surface area (Å²) in [5.41, 5.74) is 5.03. The number of anilines is 3. The Hall–Kier alpha value is -11.0. The van der Waals surface area contributed by atoms with Crippen LogP contribution in [0.2, 0.25) is 15.1 Å². The summed E-state index contributed by atoms with van der Waals surface area (Å²) in [5, 5.41) is 16.5. The van der Waals surface area contributed by atoms with E-state index in [-0.39, 0.29) is 45.8 Å². The van der Waals surface area contributed by atoms with E-state index in [2.05, 4.69) is 55.2 Å². The SMILES string of the molecule is Cc1nc(C(F)(F)F)ccc1C(=O)Nc1ccc(Cl)c(-c2nc3ccccc3n2CC2CCN(C(=O)OC(C)(C)C)CC2)c1.Cc1nc(C(F)(F)F)ccc1C(=O)Nc1ccc(Cl)c(-c2nc3ccccc3n2CC2CCNCC2)c1.Cc1nc(C(F)(F)F)ccc1C(=O)Nc1ccc(Cl)c(-c2nc3ccccc3n2CC2CCNCC2)c1. The fourth-order valence-electron chi connectivity index (χ4n) is 14.7. The zero-order chi connectivity index (χ0) is 84.1. The van der Waals surface area contributed by atoms with Crippen molar-refractivity contribution in [1.29, 1.82) is 0 Å². The van der Waals surface area contributed by atoms with E-state index < -0.39 is 58.9 Å². The second-order valence-electron chi connectivity index (χ2n) is 30.3. The lowest BCUT2D eigenvalue weighted by atomic mass is 9.96. The molecule has 3 saturated heterocycles. The van der Waals surface area contributed by atoms with E-state index in [9.17, 15) is 58.7 Å². The van der Waals surface area contributed by atoms with Gasteiger partial charge in [0.2, 0.25) is 0 Å². The van der Waals surface area contributed by atoms with E-state index in [1.807, 2.05) is 93.6 Å². The number of aryl methyl sites for hydroxylation is 3. The molecule has 3 fully saturated rings. The van der Waals surface area contributed by atoms with Crippen molar-refractivity contribution in [2.45, 2.75) is 124 Å². The minimum Gasteiger partial charge on any atom is -0.444 e. The molecule has 6 aromatic carbocycles. The number of nitrogens with one attached hydrogen (secondary N) is 5. The molecule has 6 aromatic heterocycles. The molecule has 32 heteroatoms. The van der Waals surface area contributed by atoms with Gasteiger partial charge in [0, 0.05) is 66.5 Å². The zero-order valence-corrected chi connectivity index (χ0v) is 67.2. The Kier molecular flexibility index (Phi) is 25.7. The van der Waals surface area contributed by atoms with Crippen LogP contribution in [-0.2, 0) is 42.9 Å². The molecule has 0 bridgehead atoms. The van der Waals surface area contributed by atoms with Crippen molar-refractivity contribution in [3.05, 3.63) is 230 Å². The molecule has 3 aliphatic heterocycles. The number of hydrogen-bond donors (Lipinski definition) is 5. The van der Waals surface area contributed by atoms with Gasteiger partial charge in [-0.1, -0.05) is 71.2 Å². The predicted octanol–water partition coefficient (Wildman–Crippen LogP) is 20.6. The van der Waals surface area contributed by atoms with Crippen molar-refractivity contribution in [3.8, 4) is 34.2 Å². The predicted molar refractivity (Wildman–Crippen MR) is 438 cm³/mol. The topological polar surface area (TPSA) is 233 Å². The van der Waals surface area contributed by atoms with Crippen LogP contribution < -0.4 is 26.6 Å². The number of carbonyl (C=O) groups is 4. The van der Waals surface area contributed by atoms with Gasteiger partial charge >= 0.3 is 24.6 Å². The normalized spacial score (nSPS) is 14.7. The fourth-order valence-corrected chi connectivity index (χ4v) is 15.3. The Labute approximate surface area is 688 Å². The van der Waals surface area contributed by atoms with Crippen LogP contribution in [0.15, 0.2) is 164 Å². The summed E-state index contributed by atoms with van der Waals surface area (Å²) in [6.45, 7) is 17.0. The highest BCUT2D eigenvalue weighted by Gasteiger charge is 2.37. The molecular formula is C86H83Cl3F9N15O5. The van der Waals surface area contributed by atoms with Gasteiger partial charge in [0.25, 0.3) is 17.7 Å². The molecule has 12 aromatic rings. The van der Waals surface area contributed by atoms with Gasteiger partial charge in [-0.15, -0.1) is 0 Å². The third kappa shape index (κ3) is 20.2. The van der Waals surface area contributed by atoms with Gasteiger partial charge in [-0.2, -0.15) is 39.5 Å². The number of benzene rings is 6. The van der Waals surface area contributed by atoms with Crippen LogP contribution >= 0.6 is 34.8 Å². The van der Waals surface area contributed by atoms with Crippen LogP contribution in [0, 0.1) is 38.5 Å². The number of piperidine rings is 3. The van der Waals surface area contributed by atoms with Gasteiger partial charge in [-0.05, 0) is 251 Å². The summed E-state index contributed by atoms with van der Waals surface area (Å²) < 4.78 is 129. The van der Waals surface area contributed by atoms with Gasteiger partial charge in [-0.3, -0.25) is 14.4 Å². The molecule has 3 aliphatic rings. The molecule has 20 nitrogen and oxygen atoms in total. The number of fused-ring (bicyclic) bond motifs is 3. The first-order valence-electron chi connectivity index (χ1n) is 38.3. The molecule has 616 valence electrons. The lowest BCUT2D eigenvalue weighted by Gasteiger charge is -2.33. The van der Waals surface area contributed by atoms with Crippen molar-refractivity contribution >= 4 is 109 Å². The standard InChI is InChI=1S/C32H33ClF3N5O3.2C27H25ClF3N5O/c1-19-22(10-12-27(37-19)32(34,35)36)29(42)38-21-9-11-24(33)23(17-21)28-39-25-7-5-6-8-26(25)41(28)18-20-13-15-40(16-14-20)30(43)44-31(2,3)4;2*1-16-19(7-9-24(33-16)27(29,30)31)26(37)34-18-6-8-21(28)20(14-18)25-35-22-4-2-3-5-23(22)36(25)15-17-10-12-32-13-11-17/h5-12,17,20H,13-16,18H2,1-4H3,(H,38,42);2*2-9,14,17,32H,10-13,15H2,1H3,(H,34,37). The number of carbonyl (C=O) groups excluding carboxylic acids is 4. The van der Waals surface area contributed by atoms with Gasteiger partial charge in [-0.25, -0.2) is 34.7 Å². The van der Waals surface area contributed by atoms with Gasteiger partial charge in [0.1, 0.15) is 40.2 Å². The summed E-state index contributed by atoms with van der Waals surface area (Å²) in [4.78, 5) is 78.4. The number of hydrogen-bond acceptors (Lipinski definition) is 13. The van der Waals surface area contributed by atoms with Crippen LogP contribution in [0.5, 0.6) is 0 Å². The Morgan fingerprint density at radius 2 is 0.695 bits per heavy atom. The number of rotatable bonds is 15. The Morgan fingerprint density at radius 3 is 0.975 bits per heavy atom. The maximum absolute atomic E-state index is 13.0. The molecular weight excluding hydrogens is 1600 g/mol. The summed E-state index contributed by atoms with van der Waals surface area (Å²) in [7, 11) is 0. The highest BCUT2D eigenvalue weighted by Crippen LogP contribution is 2.40. The van der Waals surface area contributed by atoms with Crippen molar-refractivity contribution in [3.63, 3.8) is 0 Å². The Morgan fingerprint density at radius 1 is 0.407 bits per heavy atom. The number of amides is 4. The van der Waals surface area contributed by atoms with Gasteiger partial charge in [0.05, 0.1) is 81.9 Å².